The molecule has 1 aliphatic rings. The molecule has 2 unspecified atom stereocenters. The van der Waals surface area contributed by atoms with Crippen LogP contribution in [0.3, 0.4) is 0 Å². The van der Waals surface area contributed by atoms with Gasteiger partial charge in [-0.1, -0.05) is 0 Å². The monoisotopic (exact) mass is 210 g/mol. The Bertz CT molecular complexity index is 305. The normalized spacial score (nSPS) is 23.2. The van der Waals surface area contributed by atoms with E-state index in [1.165, 1.54) is 0 Å². The Morgan fingerprint density at radius 3 is 3.20 bits per heavy atom. The number of ether oxygens (including phenoxy) is 1. The van der Waals surface area contributed by atoms with Crippen LogP contribution < -0.4 is 0 Å². The van der Waals surface area contributed by atoms with Crippen LogP contribution in [0.5, 0.6) is 0 Å². The van der Waals surface area contributed by atoms with E-state index in [9.17, 15) is 5.11 Å². The van der Waals surface area contributed by atoms with Crippen LogP contribution in [0.1, 0.15) is 18.7 Å². The predicted octanol–water partition coefficient (Wildman–Crippen LogP) is 0.750. The maximum absolute atomic E-state index is 9.92. The molecule has 84 valence electrons. The molecule has 0 aromatic carbocycles. The van der Waals surface area contributed by atoms with Gasteiger partial charge in [0.15, 0.2) is 0 Å². The first-order valence-electron chi connectivity index (χ1n) is 5.49. The molecule has 1 saturated heterocycles. The van der Waals surface area contributed by atoms with Gasteiger partial charge in [-0.05, 0) is 12.8 Å². The van der Waals surface area contributed by atoms with Crippen LogP contribution in [-0.2, 0) is 18.2 Å². The maximum Gasteiger partial charge on any atom is 0.108 e. The van der Waals surface area contributed by atoms with Crippen LogP contribution in [-0.4, -0.2) is 34.0 Å². The minimum atomic E-state index is -0.246. The molecule has 0 amide bonds. The topological polar surface area (TPSA) is 47.3 Å². The molecule has 15 heavy (non-hydrogen) atoms. The van der Waals surface area contributed by atoms with Crippen LogP contribution in [0.2, 0.25) is 0 Å². The molecule has 1 aromatic heterocycles. The van der Waals surface area contributed by atoms with Crippen molar-refractivity contribution in [2.45, 2.75) is 25.4 Å². The summed E-state index contributed by atoms with van der Waals surface area (Å²) in [4.78, 5) is 4.23. The number of aryl methyl sites for hydroxylation is 2. The molecule has 4 nitrogen and oxygen atoms in total. The lowest BCUT2D eigenvalue weighted by molar-refractivity contribution is 0.0845. The van der Waals surface area contributed by atoms with E-state index < -0.39 is 0 Å². The number of hydrogen-bond donors (Lipinski definition) is 1. The first-order valence-corrected chi connectivity index (χ1v) is 5.49. The highest BCUT2D eigenvalue weighted by atomic mass is 16.5. The Labute approximate surface area is 89.9 Å². The molecular weight excluding hydrogens is 192 g/mol. The second kappa shape index (κ2) is 4.77. The molecule has 0 aliphatic carbocycles. The summed E-state index contributed by atoms with van der Waals surface area (Å²) in [6, 6.07) is 0. The molecule has 0 radical (unpaired) electrons. The van der Waals surface area contributed by atoms with Gasteiger partial charge in [-0.15, -0.1) is 0 Å². The van der Waals surface area contributed by atoms with Crippen molar-refractivity contribution >= 4 is 0 Å². The number of aliphatic hydroxyl groups is 1. The first kappa shape index (κ1) is 10.6. The van der Waals surface area contributed by atoms with Gasteiger partial charge in [0.2, 0.25) is 0 Å². The second-order valence-electron chi connectivity index (χ2n) is 4.18. The number of nitrogens with zero attached hydrogens (tertiary/aromatic N) is 2. The SMILES string of the molecule is Cn1ccnc1CCC(O)C1CCOC1. The third-order valence-corrected chi connectivity index (χ3v) is 3.09. The molecule has 2 heterocycles. The Morgan fingerprint density at radius 1 is 1.73 bits per heavy atom. The van der Waals surface area contributed by atoms with Crippen molar-refractivity contribution in [2.75, 3.05) is 13.2 Å². The zero-order valence-corrected chi connectivity index (χ0v) is 9.09. The fraction of sp³-hybridized carbons (Fsp3) is 0.727. The van der Waals surface area contributed by atoms with E-state index >= 15 is 0 Å². The summed E-state index contributed by atoms with van der Waals surface area (Å²) in [5.74, 6) is 1.36. The Morgan fingerprint density at radius 2 is 2.60 bits per heavy atom. The van der Waals surface area contributed by atoms with Crippen molar-refractivity contribution in [1.82, 2.24) is 9.55 Å². The van der Waals surface area contributed by atoms with E-state index in [0.29, 0.717) is 12.5 Å². The minimum Gasteiger partial charge on any atom is -0.393 e. The fourth-order valence-corrected chi connectivity index (χ4v) is 2.01. The summed E-state index contributed by atoms with van der Waals surface area (Å²) in [5, 5.41) is 9.92. The lowest BCUT2D eigenvalue weighted by Crippen LogP contribution is -2.21. The first-order chi connectivity index (χ1) is 7.27. The highest BCUT2D eigenvalue weighted by Gasteiger charge is 2.23. The van der Waals surface area contributed by atoms with Gasteiger partial charge in [-0.3, -0.25) is 0 Å². The number of rotatable bonds is 4. The molecule has 1 fully saturated rings. The van der Waals surface area contributed by atoms with E-state index in [-0.39, 0.29) is 6.10 Å². The summed E-state index contributed by atoms with van der Waals surface area (Å²) in [6.07, 6.45) is 6.08. The molecule has 1 aromatic rings. The van der Waals surface area contributed by atoms with Crippen molar-refractivity contribution in [3.05, 3.63) is 18.2 Å². The van der Waals surface area contributed by atoms with Gasteiger partial charge in [0.05, 0.1) is 12.7 Å². The molecule has 0 bridgehead atoms. The zero-order chi connectivity index (χ0) is 10.7. The molecule has 0 spiro atoms. The second-order valence-corrected chi connectivity index (χ2v) is 4.18. The number of aliphatic hydroxyl groups excluding tert-OH is 1. The van der Waals surface area contributed by atoms with Crippen molar-refractivity contribution in [2.24, 2.45) is 13.0 Å². The minimum absolute atomic E-state index is 0.246. The van der Waals surface area contributed by atoms with Gasteiger partial charge < -0.3 is 14.4 Å². The van der Waals surface area contributed by atoms with Crippen LogP contribution in [0.4, 0.5) is 0 Å². The van der Waals surface area contributed by atoms with Gasteiger partial charge in [-0.25, -0.2) is 4.98 Å². The standard InChI is InChI=1S/C11H18N2O2/c1-13-6-5-12-11(13)3-2-10(14)9-4-7-15-8-9/h5-6,9-10,14H,2-4,7-8H2,1H3. The molecule has 2 atom stereocenters. The third-order valence-electron chi connectivity index (χ3n) is 3.09. The lowest BCUT2D eigenvalue weighted by atomic mass is 9.98. The average molecular weight is 210 g/mol. The summed E-state index contributed by atoms with van der Waals surface area (Å²) in [7, 11) is 1.98. The van der Waals surface area contributed by atoms with Crippen molar-refractivity contribution in [3.63, 3.8) is 0 Å². The van der Waals surface area contributed by atoms with Gasteiger partial charge in [0.25, 0.3) is 0 Å². The van der Waals surface area contributed by atoms with E-state index in [2.05, 4.69) is 4.98 Å². The smallest absolute Gasteiger partial charge is 0.108 e. The third kappa shape index (κ3) is 2.58. The highest BCUT2D eigenvalue weighted by molar-refractivity contribution is 4.92. The Kier molecular flexibility index (Phi) is 3.38. The molecule has 1 aliphatic heterocycles. The van der Waals surface area contributed by atoms with Crippen LogP contribution in [0.15, 0.2) is 12.4 Å². The quantitative estimate of drug-likeness (QED) is 0.797. The van der Waals surface area contributed by atoms with E-state index in [0.717, 1.165) is 31.7 Å². The highest BCUT2D eigenvalue weighted by Crippen LogP contribution is 2.19. The van der Waals surface area contributed by atoms with Gasteiger partial charge in [0, 0.05) is 38.4 Å². The number of imidazole rings is 1. The average Bonchev–Trinajstić information content (AvgIpc) is 2.85. The largest absolute Gasteiger partial charge is 0.393 e. The van der Waals surface area contributed by atoms with E-state index in [4.69, 9.17) is 4.74 Å². The molecular formula is C11H18N2O2. The molecule has 4 heteroatoms. The van der Waals surface area contributed by atoms with Gasteiger partial charge in [-0.2, -0.15) is 0 Å². The van der Waals surface area contributed by atoms with Crippen LogP contribution >= 0.6 is 0 Å². The predicted molar refractivity (Wildman–Crippen MR) is 56.5 cm³/mol. The Balaban J connectivity index is 1.80. The van der Waals surface area contributed by atoms with Crippen molar-refractivity contribution in [3.8, 4) is 0 Å². The van der Waals surface area contributed by atoms with Crippen molar-refractivity contribution < 1.29 is 9.84 Å². The summed E-state index contributed by atoms with van der Waals surface area (Å²) in [6.45, 7) is 1.51. The molecule has 0 saturated carbocycles. The summed E-state index contributed by atoms with van der Waals surface area (Å²) in [5.41, 5.74) is 0. The molecule has 1 N–H and O–H groups in total. The van der Waals surface area contributed by atoms with Gasteiger partial charge in [0.1, 0.15) is 5.82 Å². The fourth-order valence-electron chi connectivity index (χ4n) is 2.01. The molecule has 2 rings (SSSR count). The number of aromatic nitrogens is 2. The van der Waals surface area contributed by atoms with E-state index in [1.807, 2.05) is 17.8 Å². The van der Waals surface area contributed by atoms with E-state index in [1.54, 1.807) is 6.20 Å². The summed E-state index contributed by atoms with van der Waals surface area (Å²) < 4.78 is 7.26. The van der Waals surface area contributed by atoms with Crippen molar-refractivity contribution in [1.29, 1.82) is 0 Å². The summed E-state index contributed by atoms with van der Waals surface area (Å²) >= 11 is 0. The Hall–Kier alpha value is -0.870. The number of hydrogen-bond acceptors (Lipinski definition) is 3. The van der Waals surface area contributed by atoms with Crippen LogP contribution in [0.25, 0.3) is 0 Å². The lowest BCUT2D eigenvalue weighted by Gasteiger charge is -2.15. The van der Waals surface area contributed by atoms with Gasteiger partial charge >= 0.3 is 0 Å². The maximum atomic E-state index is 9.92. The zero-order valence-electron chi connectivity index (χ0n) is 9.09. The van der Waals surface area contributed by atoms with Crippen LogP contribution in [0, 0.1) is 5.92 Å².